The number of halogens is 1. The van der Waals surface area contributed by atoms with Gasteiger partial charge in [-0.1, -0.05) is 15.9 Å². The quantitative estimate of drug-likeness (QED) is 0.664. The van der Waals surface area contributed by atoms with E-state index in [-0.39, 0.29) is 0 Å². The summed E-state index contributed by atoms with van der Waals surface area (Å²) >= 11 is 5.06. The Morgan fingerprint density at radius 2 is 2.10 bits per heavy atom. The van der Waals surface area contributed by atoms with Gasteiger partial charge in [-0.3, -0.25) is 0 Å². The summed E-state index contributed by atoms with van der Waals surface area (Å²) < 4.78 is 6.32. The molecule has 0 amide bonds. The van der Waals surface area contributed by atoms with Gasteiger partial charge in [0.25, 0.3) is 0 Å². The van der Waals surface area contributed by atoms with Gasteiger partial charge in [0, 0.05) is 26.4 Å². The van der Waals surface area contributed by atoms with Crippen LogP contribution < -0.4 is 10.5 Å². The van der Waals surface area contributed by atoms with Crippen LogP contribution in [-0.2, 0) is 5.75 Å². The van der Waals surface area contributed by atoms with E-state index in [0.717, 1.165) is 26.4 Å². The van der Waals surface area contributed by atoms with Crippen molar-refractivity contribution in [1.29, 1.82) is 5.26 Å². The van der Waals surface area contributed by atoms with Crippen molar-refractivity contribution in [1.82, 2.24) is 0 Å². The number of ether oxygens (including phenoxy) is 1. The SMILES string of the molecule is COc1ccc(C#N)cc1CSc1cc(Br)ccc1N. The van der Waals surface area contributed by atoms with E-state index in [1.54, 1.807) is 24.9 Å². The average molecular weight is 349 g/mol. The Hall–Kier alpha value is -1.64. The molecule has 2 N–H and O–H groups in total. The van der Waals surface area contributed by atoms with Gasteiger partial charge in [0.15, 0.2) is 0 Å². The van der Waals surface area contributed by atoms with Gasteiger partial charge in [0.2, 0.25) is 0 Å². The van der Waals surface area contributed by atoms with Gasteiger partial charge in [-0.2, -0.15) is 5.26 Å². The minimum atomic E-state index is 0.628. The fraction of sp³-hybridized carbons (Fsp3) is 0.133. The number of thioether (sulfide) groups is 1. The van der Waals surface area contributed by atoms with Crippen molar-refractivity contribution in [2.24, 2.45) is 0 Å². The monoisotopic (exact) mass is 348 g/mol. The van der Waals surface area contributed by atoms with E-state index in [1.807, 2.05) is 30.3 Å². The van der Waals surface area contributed by atoms with Crippen LogP contribution in [0.4, 0.5) is 5.69 Å². The molecule has 0 bridgehead atoms. The highest BCUT2D eigenvalue weighted by Crippen LogP contribution is 2.33. The van der Waals surface area contributed by atoms with Crippen LogP contribution in [0.25, 0.3) is 0 Å². The van der Waals surface area contributed by atoms with Crippen LogP contribution in [0.3, 0.4) is 0 Å². The summed E-state index contributed by atoms with van der Waals surface area (Å²) in [6.45, 7) is 0. The third-order valence-corrected chi connectivity index (χ3v) is 4.38. The first kappa shape index (κ1) is 14.8. The van der Waals surface area contributed by atoms with Gasteiger partial charge >= 0.3 is 0 Å². The highest BCUT2D eigenvalue weighted by atomic mass is 79.9. The van der Waals surface area contributed by atoms with Crippen LogP contribution in [0.15, 0.2) is 45.8 Å². The van der Waals surface area contributed by atoms with Gasteiger partial charge in [-0.05, 0) is 36.4 Å². The van der Waals surface area contributed by atoms with E-state index in [9.17, 15) is 0 Å². The predicted molar refractivity (Wildman–Crippen MR) is 85.8 cm³/mol. The van der Waals surface area contributed by atoms with Crippen LogP contribution in [0, 0.1) is 11.3 Å². The van der Waals surface area contributed by atoms with Crippen LogP contribution >= 0.6 is 27.7 Å². The van der Waals surface area contributed by atoms with Crippen molar-refractivity contribution in [3.8, 4) is 11.8 Å². The second kappa shape index (κ2) is 6.69. The Morgan fingerprint density at radius 3 is 2.80 bits per heavy atom. The van der Waals surface area contributed by atoms with Gasteiger partial charge in [-0.15, -0.1) is 11.8 Å². The molecule has 0 heterocycles. The molecule has 0 fully saturated rings. The minimum Gasteiger partial charge on any atom is -0.496 e. The van der Waals surface area contributed by atoms with Crippen molar-refractivity contribution < 1.29 is 4.74 Å². The fourth-order valence-electron chi connectivity index (χ4n) is 1.75. The molecule has 3 nitrogen and oxygen atoms in total. The van der Waals surface area contributed by atoms with Crippen LogP contribution in [0.2, 0.25) is 0 Å². The normalized spacial score (nSPS) is 10.1. The highest BCUT2D eigenvalue weighted by molar-refractivity contribution is 9.10. The lowest BCUT2D eigenvalue weighted by molar-refractivity contribution is 0.411. The van der Waals surface area contributed by atoms with Crippen LogP contribution in [-0.4, -0.2) is 7.11 Å². The molecule has 0 aliphatic carbocycles. The molecule has 0 spiro atoms. The first-order valence-electron chi connectivity index (χ1n) is 5.89. The summed E-state index contributed by atoms with van der Waals surface area (Å²) in [6, 6.07) is 13.3. The van der Waals surface area contributed by atoms with Crippen molar-refractivity contribution >= 4 is 33.4 Å². The zero-order valence-corrected chi connectivity index (χ0v) is 13.3. The van der Waals surface area contributed by atoms with Crippen molar-refractivity contribution in [2.45, 2.75) is 10.6 Å². The zero-order chi connectivity index (χ0) is 14.5. The predicted octanol–water partition coefficient (Wildman–Crippen LogP) is 4.20. The van der Waals surface area contributed by atoms with Crippen molar-refractivity contribution in [3.63, 3.8) is 0 Å². The second-order valence-corrected chi connectivity index (χ2v) is 6.04. The molecule has 0 saturated heterocycles. The van der Waals surface area contributed by atoms with Crippen LogP contribution in [0.1, 0.15) is 11.1 Å². The van der Waals surface area contributed by atoms with Crippen molar-refractivity contribution in [3.05, 3.63) is 52.0 Å². The molecule has 102 valence electrons. The molecule has 0 aliphatic rings. The maximum atomic E-state index is 8.97. The molecular weight excluding hydrogens is 336 g/mol. The van der Waals surface area contributed by atoms with E-state index in [1.165, 1.54) is 0 Å². The highest BCUT2D eigenvalue weighted by Gasteiger charge is 2.07. The average Bonchev–Trinajstić information content (AvgIpc) is 2.47. The Balaban J connectivity index is 2.22. The maximum Gasteiger partial charge on any atom is 0.122 e. The number of hydrogen-bond acceptors (Lipinski definition) is 4. The molecule has 20 heavy (non-hydrogen) atoms. The minimum absolute atomic E-state index is 0.628. The Morgan fingerprint density at radius 1 is 1.30 bits per heavy atom. The Labute approximate surface area is 130 Å². The van der Waals surface area contributed by atoms with Crippen LogP contribution in [0.5, 0.6) is 5.75 Å². The van der Waals surface area contributed by atoms with Gasteiger partial charge in [0.05, 0.1) is 18.7 Å². The second-order valence-electron chi connectivity index (χ2n) is 4.11. The smallest absolute Gasteiger partial charge is 0.122 e. The number of rotatable bonds is 4. The lowest BCUT2D eigenvalue weighted by Gasteiger charge is -2.10. The van der Waals surface area contributed by atoms with E-state index in [0.29, 0.717) is 11.3 Å². The van der Waals surface area contributed by atoms with Gasteiger partial charge in [-0.25, -0.2) is 0 Å². The number of nitriles is 1. The number of methoxy groups -OCH3 is 1. The molecule has 0 unspecified atom stereocenters. The van der Waals surface area contributed by atoms with Crippen molar-refractivity contribution in [2.75, 3.05) is 12.8 Å². The lowest BCUT2D eigenvalue weighted by atomic mass is 10.1. The molecule has 2 aromatic rings. The Bertz CT molecular complexity index is 667. The van der Waals surface area contributed by atoms with E-state index >= 15 is 0 Å². The molecule has 5 heteroatoms. The molecule has 0 aromatic heterocycles. The largest absolute Gasteiger partial charge is 0.496 e. The summed E-state index contributed by atoms with van der Waals surface area (Å²) in [5.74, 6) is 1.48. The summed E-state index contributed by atoms with van der Waals surface area (Å²) in [5.41, 5.74) is 8.31. The molecule has 0 aliphatic heterocycles. The number of nitrogens with zero attached hydrogens (tertiary/aromatic N) is 1. The maximum absolute atomic E-state index is 8.97. The van der Waals surface area contributed by atoms with Gasteiger partial charge in [0.1, 0.15) is 5.75 Å². The summed E-state index contributed by atoms with van der Waals surface area (Å²) in [4.78, 5) is 1.00. The number of nitrogen functional groups attached to an aromatic ring is 1. The number of hydrogen-bond donors (Lipinski definition) is 1. The molecule has 0 saturated carbocycles. The Kier molecular flexibility index (Phi) is 4.94. The molecular formula is C15H13BrN2OS. The number of nitrogens with two attached hydrogens (primary N) is 1. The zero-order valence-electron chi connectivity index (χ0n) is 10.9. The fourth-order valence-corrected chi connectivity index (χ4v) is 3.24. The third-order valence-electron chi connectivity index (χ3n) is 2.77. The summed E-state index contributed by atoms with van der Waals surface area (Å²) in [5, 5.41) is 8.97. The molecule has 2 aromatic carbocycles. The van der Waals surface area contributed by atoms with E-state index < -0.39 is 0 Å². The number of benzene rings is 2. The lowest BCUT2D eigenvalue weighted by Crippen LogP contribution is -1.93. The van der Waals surface area contributed by atoms with E-state index in [4.69, 9.17) is 15.7 Å². The summed E-state index contributed by atoms with van der Waals surface area (Å²) in [6.07, 6.45) is 0. The third kappa shape index (κ3) is 3.47. The standard InChI is InChI=1S/C15H13BrN2OS/c1-19-14-5-2-10(8-17)6-11(14)9-20-15-7-12(16)3-4-13(15)18/h2-7H,9,18H2,1H3. The summed E-state index contributed by atoms with van der Waals surface area (Å²) in [7, 11) is 1.63. The van der Waals surface area contributed by atoms with Gasteiger partial charge < -0.3 is 10.5 Å². The molecule has 2 rings (SSSR count). The molecule has 0 atom stereocenters. The number of anilines is 1. The topological polar surface area (TPSA) is 59.0 Å². The first-order chi connectivity index (χ1) is 9.63. The molecule has 0 radical (unpaired) electrons. The van der Waals surface area contributed by atoms with E-state index in [2.05, 4.69) is 22.0 Å². The first-order valence-corrected chi connectivity index (χ1v) is 7.66.